The van der Waals surface area contributed by atoms with Crippen LogP contribution >= 0.6 is 7.82 Å². The molecule has 0 aromatic carbocycles. The van der Waals surface area contributed by atoms with Crippen molar-refractivity contribution in [3.8, 4) is 0 Å². The van der Waals surface area contributed by atoms with E-state index in [1.54, 1.807) is 0 Å². The molecule has 0 fully saturated rings. The lowest BCUT2D eigenvalue weighted by atomic mass is 10.3. The molecule has 1 unspecified atom stereocenters. The van der Waals surface area contributed by atoms with Crippen LogP contribution < -0.4 is 4.89 Å². The molecule has 0 bridgehead atoms. The molecule has 0 saturated heterocycles. The van der Waals surface area contributed by atoms with Gasteiger partial charge < -0.3 is 18.8 Å². The smallest absolute Gasteiger partial charge is 0.265 e. The zero-order valence-electron chi connectivity index (χ0n) is 10.2. The number of likely N-dealkylation sites (N-methyl/N-ethyl adjacent to an activating group) is 1. The van der Waals surface area contributed by atoms with Crippen LogP contribution in [0, 0.1) is 0 Å². The first-order valence-electron chi connectivity index (χ1n) is 5.28. The van der Waals surface area contributed by atoms with Crippen LogP contribution in [0.1, 0.15) is 12.8 Å². The van der Waals surface area contributed by atoms with Crippen LogP contribution in [-0.2, 0) is 9.09 Å². The molecular formula is C8H19N4O4P. The van der Waals surface area contributed by atoms with Gasteiger partial charge in [0.05, 0.1) is 20.6 Å². The fraction of sp³-hybridized carbons (Fsp3) is 1.00. The molecule has 0 amide bonds. The van der Waals surface area contributed by atoms with Gasteiger partial charge in [-0.05, 0) is 18.4 Å². The van der Waals surface area contributed by atoms with Gasteiger partial charge in [0.2, 0.25) is 0 Å². The minimum Gasteiger partial charge on any atom is -0.756 e. The third-order valence-electron chi connectivity index (χ3n) is 2.29. The number of nitrogens with zero attached hydrogens (tertiary/aromatic N) is 4. The highest BCUT2D eigenvalue weighted by molar-refractivity contribution is 7.44. The van der Waals surface area contributed by atoms with E-state index in [0.29, 0.717) is 17.6 Å². The summed E-state index contributed by atoms with van der Waals surface area (Å²) in [6, 6.07) is 0. The van der Waals surface area contributed by atoms with Crippen molar-refractivity contribution in [1.82, 2.24) is 0 Å². The third kappa shape index (κ3) is 11.6. The topological polar surface area (TPSA) is 118 Å². The molecule has 0 aliphatic heterocycles. The average molecular weight is 266 g/mol. The summed E-state index contributed by atoms with van der Waals surface area (Å²) in [5.74, 6) is 0. The molecule has 100 valence electrons. The zero-order chi connectivity index (χ0) is 13.4. The number of phosphoric acid groups is 1. The summed E-state index contributed by atoms with van der Waals surface area (Å²) in [4.78, 5) is 21.4. The molecule has 9 heteroatoms. The summed E-state index contributed by atoms with van der Waals surface area (Å²) in [6.45, 7) is 1.73. The molecule has 1 atom stereocenters. The van der Waals surface area contributed by atoms with E-state index in [0.717, 1.165) is 19.4 Å². The molecule has 0 rings (SSSR count). The first kappa shape index (κ1) is 16.4. The third-order valence-corrected chi connectivity index (χ3v) is 2.79. The Morgan fingerprint density at radius 1 is 1.47 bits per heavy atom. The number of rotatable bonds is 9. The predicted octanol–water partition coefficient (Wildman–Crippen LogP) is 0.631. The van der Waals surface area contributed by atoms with Gasteiger partial charge in [-0.2, -0.15) is 0 Å². The second-order valence-electron chi connectivity index (χ2n) is 4.35. The molecule has 0 aromatic rings. The summed E-state index contributed by atoms with van der Waals surface area (Å²) in [7, 11) is -0.739. The Hall–Kier alpha value is -0.620. The van der Waals surface area contributed by atoms with E-state index in [1.165, 1.54) is 0 Å². The van der Waals surface area contributed by atoms with Gasteiger partial charge in [0.1, 0.15) is 13.2 Å². The lowest BCUT2D eigenvalue weighted by Crippen LogP contribution is -2.43. The zero-order valence-corrected chi connectivity index (χ0v) is 11.0. The minimum atomic E-state index is -4.61. The van der Waals surface area contributed by atoms with Crippen molar-refractivity contribution in [2.24, 2.45) is 5.11 Å². The molecule has 8 nitrogen and oxygen atoms in total. The second kappa shape index (κ2) is 7.66. The van der Waals surface area contributed by atoms with Crippen molar-refractivity contribution in [1.29, 1.82) is 0 Å². The Kier molecular flexibility index (Phi) is 7.38. The first-order valence-corrected chi connectivity index (χ1v) is 6.77. The Labute approximate surface area is 101 Å². The molecule has 1 N–H and O–H groups in total. The van der Waals surface area contributed by atoms with Crippen molar-refractivity contribution in [2.75, 3.05) is 40.3 Å². The Morgan fingerprint density at radius 2 is 2.12 bits per heavy atom. The van der Waals surface area contributed by atoms with Crippen molar-refractivity contribution in [3.63, 3.8) is 0 Å². The number of phosphoric ester groups is 1. The van der Waals surface area contributed by atoms with E-state index in [2.05, 4.69) is 14.5 Å². The van der Waals surface area contributed by atoms with Crippen molar-refractivity contribution < 1.29 is 23.4 Å². The molecular weight excluding hydrogens is 247 g/mol. The number of hydrogen-bond acceptors (Lipinski definition) is 4. The Bertz CT molecular complexity index is 311. The maximum absolute atomic E-state index is 10.4. The molecule has 0 spiro atoms. The van der Waals surface area contributed by atoms with Crippen molar-refractivity contribution >= 4 is 7.82 Å². The van der Waals surface area contributed by atoms with Crippen LogP contribution in [0.4, 0.5) is 0 Å². The van der Waals surface area contributed by atoms with E-state index in [9.17, 15) is 9.46 Å². The average Bonchev–Trinajstić information content (AvgIpc) is 2.14. The van der Waals surface area contributed by atoms with Crippen LogP contribution in [0.25, 0.3) is 10.4 Å². The number of unbranched alkanes of at least 4 members (excludes halogenated alkanes) is 1. The SMILES string of the molecule is C[N+](C)(CCCCN=[N+]=[N-])CCOP(=O)([O-])O. The van der Waals surface area contributed by atoms with Gasteiger partial charge in [0, 0.05) is 11.5 Å². The van der Waals surface area contributed by atoms with Gasteiger partial charge in [-0.1, -0.05) is 5.11 Å². The molecule has 0 radical (unpaired) electrons. The van der Waals surface area contributed by atoms with Crippen molar-refractivity contribution in [3.05, 3.63) is 10.4 Å². The number of azide groups is 1. The van der Waals surface area contributed by atoms with Gasteiger partial charge >= 0.3 is 0 Å². The van der Waals surface area contributed by atoms with Crippen LogP contribution in [0.2, 0.25) is 0 Å². The highest BCUT2D eigenvalue weighted by atomic mass is 31.2. The molecule has 0 aliphatic carbocycles. The largest absolute Gasteiger partial charge is 0.756 e. The molecule has 17 heavy (non-hydrogen) atoms. The fourth-order valence-corrected chi connectivity index (χ4v) is 1.59. The summed E-state index contributed by atoms with van der Waals surface area (Å²) < 4.78 is 15.2. The van der Waals surface area contributed by atoms with E-state index >= 15 is 0 Å². The molecule has 0 aliphatic rings. The Morgan fingerprint density at radius 3 is 2.65 bits per heavy atom. The minimum absolute atomic E-state index is 0.0410. The lowest BCUT2D eigenvalue weighted by Gasteiger charge is -2.30. The van der Waals surface area contributed by atoms with Crippen LogP contribution in [-0.4, -0.2) is 49.7 Å². The highest BCUT2D eigenvalue weighted by Gasteiger charge is 2.15. The standard InChI is InChI=1S/C8H19N4O4P/c1-12(2,6-4-3-5-10-11-9)7-8-16-17(13,14)15/h3-8H2,1-2H3,(H-,13,14,15). The summed E-state index contributed by atoms with van der Waals surface area (Å²) in [5.41, 5.74) is 8.08. The van der Waals surface area contributed by atoms with E-state index in [-0.39, 0.29) is 6.61 Å². The van der Waals surface area contributed by atoms with E-state index in [1.807, 2.05) is 14.1 Å². The van der Waals surface area contributed by atoms with Crippen LogP contribution in [0.5, 0.6) is 0 Å². The summed E-state index contributed by atoms with van der Waals surface area (Å²) in [5, 5.41) is 3.42. The summed E-state index contributed by atoms with van der Waals surface area (Å²) >= 11 is 0. The highest BCUT2D eigenvalue weighted by Crippen LogP contribution is 2.29. The second-order valence-corrected chi connectivity index (χ2v) is 5.54. The predicted molar refractivity (Wildman–Crippen MR) is 60.9 cm³/mol. The lowest BCUT2D eigenvalue weighted by molar-refractivity contribution is -0.890. The van der Waals surface area contributed by atoms with E-state index in [4.69, 9.17) is 10.4 Å². The maximum atomic E-state index is 10.4. The van der Waals surface area contributed by atoms with Crippen LogP contribution in [0.15, 0.2) is 5.11 Å². The van der Waals surface area contributed by atoms with Crippen molar-refractivity contribution in [2.45, 2.75) is 12.8 Å². The molecule has 0 heterocycles. The fourth-order valence-electron chi connectivity index (χ4n) is 1.28. The van der Waals surface area contributed by atoms with Gasteiger partial charge in [0.25, 0.3) is 7.82 Å². The maximum Gasteiger partial charge on any atom is 0.265 e. The van der Waals surface area contributed by atoms with E-state index < -0.39 is 7.82 Å². The Balaban J connectivity index is 3.72. The summed E-state index contributed by atoms with van der Waals surface area (Å²) in [6.07, 6.45) is 1.67. The number of hydrogen-bond donors (Lipinski definition) is 1. The van der Waals surface area contributed by atoms with Gasteiger partial charge in [-0.15, -0.1) is 0 Å². The monoisotopic (exact) mass is 266 g/mol. The molecule has 0 aromatic heterocycles. The van der Waals surface area contributed by atoms with Gasteiger partial charge in [-0.3, -0.25) is 4.57 Å². The van der Waals surface area contributed by atoms with Gasteiger partial charge in [-0.25, -0.2) is 0 Å². The normalized spacial score (nSPS) is 15.1. The number of quaternary nitrogens is 1. The quantitative estimate of drug-likeness (QED) is 0.164. The first-order chi connectivity index (χ1) is 7.77. The van der Waals surface area contributed by atoms with Gasteiger partial charge in [0.15, 0.2) is 0 Å². The van der Waals surface area contributed by atoms with Crippen LogP contribution in [0.3, 0.4) is 0 Å². The molecule has 0 saturated carbocycles.